The summed E-state index contributed by atoms with van der Waals surface area (Å²) in [7, 11) is 0. The summed E-state index contributed by atoms with van der Waals surface area (Å²) in [6.45, 7) is 5.19. The zero-order chi connectivity index (χ0) is 21.7. The second-order valence-corrected chi connectivity index (χ2v) is 9.32. The highest BCUT2D eigenvalue weighted by Gasteiger charge is 2.02. The molecular formula is C26H45Cl2NO. The monoisotopic (exact) mass is 457 g/mol. The molecule has 1 N–H and O–H groups in total. The normalized spacial score (nSPS) is 11.2. The molecular weight excluding hydrogens is 413 g/mol. The van der Waals surface area contributed by atoms with Crippen LogP contribution in [0.2, 0.25) is 10.0 Å². The van der Waals surface area contributed by atoms with Gasteiger partial charge in [-0.15, -0.1) is 0 Å². The number of hydrogen-bond donors (Lipinski definition) is 1. The third kappa shape index (κ3) is 16.3. The van der Waals surface area contributed by atoms with Gasteiger partial charge in [0.25, 0.3) is 0 Å². The topological polar surface area (TPSA) is 21.3 Å². The van der Waals surface area contributed by atoms with Crippen molar-refractivity contribution in [3.8, 4) is 5.75 Å². The maximum atomic E-state index is 6.10. The summed E-state index contributed by atoms with van der Waals surface area (Å²) in [6.07, 6.45) is 22.0. The molecule has 0 aliphatic heterocycles. The second-order valence-electron chi connectivity index (χ2n) is 8.48. The summed E-state index contributed by atoms with van der Waals surface area (Å²) in [6, 6.07) is 5.36. The van der Waals surface area contributed by atoms with E-state index in [1.807, 2.05) is 6.07 Å². The molecule has 30 heavy (non-hydrogen) atoms. The van der Waals surface area contributed by atoms with Gasteiger partial charge < -0.3 is 10.1 Å². The Balaban J connectivity index is 1.74. The molecule has 0 amide bonds. The van der Waals surface area contributed by atoms with Crippen LogP contribution in [-0.4, -0.2) is 19.7 Å². The molecule has 4 heteroatoms. The molecule has 0 bridgehead atoms. The van der Waals surface area contributed by atoms with Crippen molar-refractivity contribution in [1.82, 2.24) is 5.32 Å². The van der Waals surface area contributed by atoms with Crippen LogP contribution in [-0.2, 0) is 0 Å². The quantitative estimate of drug-likeness (QED) is 0.185. The first kappa shape index (κ1) is 27.6. The minimum atomic E-state index is 0.582. The van der Waals surface area contributed by atoms with E-state index >= 15 is 0 Å². The Hall–Kier alpha value is -0.440. The van der Waals surface area contributed by atoms with Crippen LogP contribution in [0.15, 0.2) is 18.2 Å². The van der Waals surface area contributed by atoms with Crippen molar-refractivity contribution < 1.29 is 4.74 Å². The molecule has 0 unspecified atom stereocenters. The van der Waals surface area contributed by atoms with Gasteiger partial charge in [0, 0.05) is 5.02 Å². The average molecular weight is 459 g/mol. The van der Waals surface area contributed by atoms with Crippen molar-refractivity contribution in [2.24, 2.45) is 0 Å². The van der Waals surface area contributed by atoms with Crippen molar-refractivity contribution in [2.75, 3.05) is 19.7 Å². The predicted octanol–water partition coefficient (Wildman–Crippen LogP) is 9.22. The molecule has 0 fully saturated rings. The fourth-order valence-corrected chi connectivity index (χ4v) is 4.16. The second kappa shape index (κ2) is 20.5. The van der Waals surface area contributed by atoms with Gasteiger partial charge in [-0.2, -0.15) is 0 Å². The number of ether oxygens (including phenoxy) is 1. The molecule has 0 spiro atoms. The van der Waals surface area contributed by atoms with Gasteiger partial charge >= 0.3 is 0 Å². The molecule has 0 saturated heterocycles. The van der Waals surface area contributed by atoms with E-state index in [1.54, 1.807) is 12.1 Å². The Labute approximate surface area is 196 Å². The van der Waals surface area contributed by atoms with E-state index in [0.29, 0.717) is 16.7 Å². The maximum absolute atomic E-state index is 6.10. The first-order chi connectivity index (χ1) is 14.7. The van der Waals surface area contributed by atoms with Gasteiger partial charge in [0.05, 0.1) is 11.6 Å². The molecule has 1 aromatic rings. The molecule has 1 aromatic carbocycles. The molecule has 174 valence electrons. The third-order valence-electron chi connectivity index (χ3n) is 5.61. The van der Waals surface area contributed by atoms with Crippen LogP contribution in [0.4, 0.5) is 0 Å². The van der Waals surface area contributed by atoms with E-state index in [2.05, 4.69) is 12.2 Å². The van der Waals surface area contributed by atoms with E-state index in [4.69, 9.17) is 27.9 Å². The summed E-state index contributed by atoms with van der Waals surface area (Å²) >= 11 is 12.0. The number of hydrogen-bond acceptors (Lipinski definition) is 2. The largest absolute Gasteiger partial charge is 0.492 e. The van der Waals surface area contributed by atoms with Crippen molar-refractivity contribution >= 4 is 23.2 Å². The van der Waals surface area contributed by atoms with Gasteiger partial charge in [-0.25, -0.2) is 0 Å². The Morgan fingerprint density at radius 1 is 0.667 bits per heavy atom. The number of nitrogens with one attached hydrogen (secondary N) is 1. The van der Waals surface area contributed by atoms with Gasteiger partial charge in [0.1, 0.15) is 5.75 Å². The summed E-state index contributed by atoms with van der Waals surface area (Å²) in [5.41, 5.74) is 0. The fourth-order valence-electron chi connectivity index (χ4n) is 3.70. The zero-order valence-corrected chi connectivity index (χ0v) is 20.8. The first-order valence-electron chi connectivity index (χ1n) is 12.5. The molecule has 0 radical (unpaired) electrons. The Morgan fingerprint density at radius 3 is 1.70 bits per heavy atom. The molecule has 0 heterocycles. The lowest BCUT2D eigenvalue weighted by molar-refractivity contribution is 0.306. The van der Waals surface area contributed by atoms with Gasteiger partial charge in [0.15, 0.2) is 0 Å². The van der Waals surface area contributed by atoms with Crippen molar-refractivity contribution in [2.45, 2.75) is 110 Å². The number of benzene rings is 1. The van der Waals surface area contributed by atoms with Gasteiger partial charge in [-0.05, 0) is 50.6 Å². The molecule has 0 aliphatic carbocycles. The third-order valence-corrected chi connectivity index (χ3v) is 6.14. The molecule has 0 atom stereocenters. The van der Waals surface area contributed by atoms with Crippen molar-refractivity contribution in [3.63, 3.8) is 0 Å². The summed E-state index contributed by atoms with van der Waals surface area (Å²) in [5.74, 6) is 0.719. The average Bonchev–Trinajstić information content (AvgIpc) is 2.73. The minimum absolute atomic E-state index is 0.582. The molecule has 1 rings (SSSR count). The maximum Gasteiger partial charge on any atom is 0.137 e. The summed E-state index contributed by atoms with van der Waals surface area (Å²) in [4.78, 5) is 0. The smallest absolute Gasteiger partial charge is 0.137 e. The molecule has 2 nitrogen and oxygen atoms in total. The molecule has 0 aliphatic rings. The number of rotatable bonds is 21. The Kier molecular flexibility index (Phi) is 18.8. The van der Waals surface area contributed by atoms with Crippen LogP contribution in [0.25, 0.3) is 0 Å². The van der Waals surface area contributed by atoms with E-state index in [-0.39, 0.29) is 0 Å². The van der Waals surface area contributed by atoms with Crippen LogP contribution < -0.4 is 10.1 Å². The van der Waals surface area contributed by atoms with Crippen LogP contribution >= 0.6 is 23.2 Å². The Bertz CT molecular complexity index is 510. The highest BCUT2D eigenvalue weighted by molar-refractivity contribution is 6.35. The van der Waals surface area contributed by atoms with E-state index in [9.17, 15) is 0 Å². The minimum Gasteiger partial charge on any atom is -0.492 e. The SMILES string of the molecule is CCCCCCCCCCCCCCCCNCCCCOc1ccc(Cl)cc1Cl. The van der Waals surface area contributed by atoms with E-state index in [1.165, 1.54) is 89.9 Å². The van der Waals surface area contributed by atoms with Crippen LogP contribution in [0.5, 0.6) is 5.75 Å². The van der Waals surface area contributed by atoms with Crippen molar-refractivity contribution in [1.29, 1.82) is 0 Å². The number of unbranched alkanes of at least 4 members (excludes halogenated alkanes) is 14. The van der Waals surface area contributed by atoms with Crippen LogP contribution in [0, 0.1) is 0 Å². The van der Waals surface area contributed by atoms with Crippen LogP contribution in [0.1, 0.15) is 110 Å². The summed E-state index contributed by atoms with van der Waals surface area (Å²) in [5, 5.41) is 4.77. The molecule has 0 aromatic heterocycles. The predicted molar refractivity (Wildman–Crippen MR) is 134 cm³/mol. The van der Waals surface area contributed by atoms with E-state index in [0.717, 1.165) is 31.7 Å². The lowest BCUT2D eigenvalue weighted by atomic mass is 10.0. The van der Waals surface area contributed by atoms with Crippen molar-refractivity contribution in [3.05, 3.63) is 28.2 Å². The lowest BCUT2D eigenvalue weighted by Gasteiger charge is -2.08. The van der Waals surface area contributed by atoms with Crippen LogP contribution in [0.3, 0.4) is 0 Å². The van der Waals surface area contributed by atoms with Gasteiger partial charge in [-0.3, -0.25) is 0 Å². The fraction of sp³-hybridized carbons (Fsp3) is 0.769. The first-order valence-corrected chi connectivity index (χ1v) is 13.3. The summed E-state index contributed by atoms with van der Waals surface area (Å²) < 4.78 is 5.71. The lowest BCUT2D eigenvalue weighted by Crippen LogP contribution is -2.17. The highest BCUT2D eigenvalue weighted by Crippen LogP contribution is 2.27. The number of halogens is 2. The Morgan fingerprint density at radius 2 is 1.17 bits per heavy atom. The highest BCUT2D eigenvalue weighted by atomic mass is 35.5. The van der Waals surface area contributed by atoms with Gasteiger partial charge in [0.2, 0.25) is 0 Å². The van der Waals surface area contributed by atoms with Gasteiger partial charge in [-0.1, -0.05) is 114 Å². The molecule has 0 saturated carbocycles. The zero-order valence-electron chi connectivity index (χ0n) is 19.3. The standard InChI is InChI=1S/C26H45Cl2NO/c1-2-3-4-5-6-7-8-9-10-11-12-13-14-15-20-29-21-16-17-22-30-26-19-18-24(27)23-25(26)28/h18-19,23,29H,2-17,20-22H2,1H3. The van der Waals surface area contributed by atoms with E-state index < -0.39 is 0 Å².